The summed E-state index contributed by atoms with van der Waals surface area (Å²) in [6, 6.07) is 0. The summed E-state index contributed by atoms with van der Waals surface area (Å²) in [5.41, 5.74) is 0. The molecule has 2 fully saturated rings. The zero-order chi connectivity index (χ0) is 16.1. The van der Waals surface area contributed by atoms with Crippen LogP contribution in [0.4, 0.5) is 5.13 Å². The van der Waals surface area contributed by atoms with Gasteiger partial charge in [-0.2, -0.15) is 4.37 Å². The lowest BCUT2D eigenvalue weighted by molar-refractivity contribution is -0.127. The molecule has 0 radical (unpaired) electrons. The van der Waals surface area contributed by atoms with E-state index in [1.807, 2.05) is 0 Å². The average molecular weight is 337 g/mol. The van der Waals surface area contributed by atoms with Gasteiger partial charge in [-0.1, -0.05) is 25.7 Å². The minimum atomic E-state index is 0.245. The van der Waals surface area contributed by atoms with E-state index in [9.17, 15) is 4.79 Å². The largest absolute Gasteiger partial charge is 0.356 e. The molecule has 0 spiro atoms. The molecule has 2 aliphatic carbocycles. The van der Waals surface area contributed by atoms with Crippen LogP contribution in [0.5, 0.6) is 0 Å². The second kappa shape index (κ2) is 8.08. The number of nitrogens with zero attached hydrogens (tertiary/aromatic N) is 3. The van der Waals surface area contributed by atoms with E-state index in [2.05, 4.69) is 21.6 Å². The Balaban J connectivity index is 1.38. The smallest absolute Gasteiger partial charge is 0.223 e. The van der Waals surface area contributed by atoms with Crippen molar-refractivity contribution in [3.63, 3.8) is 0 Å². The molecule has 2 aliphatic rings. The Hall–Kier alpha value is -1.17. The molecule has 0 aromatic carbocycles. The lowest BCUT2D eigenvalue weighted by Crippen LogP contribution is -2.36. The first kappa shape index (κ1) is 16.7. The maximum absolute atomic E-state index is 11.8. The van der Waals surface area contributed by atoms with Gasteiger partial charge in [0.2, 0.25) is 11.0 Å². The lowest BCUT2D eigenvalue weighted by Gasteiger charge is -2.24. The van der Waals surface area contributed by atoms with Gasteiger partial charge in [0.15, 0.2) is 0 Å². The highest BCUT2D eigenvalue weighted by molar-refractivity contribution is 7.09. The van der Waals surface area contributed by atoms with Crippen molar-refractivity contribution in [2.24, 2.45) is 5.92 Å². The first-order valence-electron chi connectivity index (χ1n) is 9.06. The van der Waals surface area contributed by atoms with E-state index in [4.69, 9.17) is 4.98 Å². The topological polar surface area (TPSA) is 58.1 Å². The minimum absolute atomic E-state index is 0.245. The Labute approximate surface area is 143 Å². The molecule has 1 aromatic heterocycles. The van der Waals surface area contributed by atoms with Crippen LogP contribution in [0.25, 0.3) is 0 Å². The van der Waals surface area contributed by atoms with E-state index < -0.39 is 0 Å². The average Bonchev–Trinajstić information content (AvgIpc) is 3.00. The van der Waals surface area contributed by atoms with E-state index >= 15 is 0 Å². The first-order chi connectivity index (χ1) is 11.2. The summed E-state index contributed by atoms with van der Waals surface area (Å²) in [5, 5.41) is 4.06. The van der Waals surface area contributed by atoms with Gasteiger partial charge in [0.25, 0.3) is 0 Å². The second-order valence-corrected chi connectivity index (χ2v) is 7.69. The molecule has 5 nitrogen and oxygen atoms in total. The zero-order valence-corrected chi connectivity index (χ0v) is 14.9. The van der Waals surface area contributed by atoms with Crippen molar-refractivity contribution in [3.05, 3.63) is 5.82 Å². The standard InChI is InChI=1S/C17H28N4OS/c1-21(12-6-11-18-16(22)14-9-5-10-14)17-19-15(20-23-17)13-7-3-2-4-8-13/h13-14H,2-12H2,1H3,(H,18,22). The van der Waals surface area contributed by atoms with Crippen molar-refractivity contribution in [2.75, 3.05) is 25.0 Å². The first-order valence-corrected chi connectivity index (χ1v) is 9.84. The van der Waals surface area contributed by atoms with Gasteiger partial charge in [-0.15, -0.1) is 0 Å². The molecule has 0 saturated heterocycles. The number of carbonyl (C=O) groups is 1. The van der Waals surface area contributed by atoms with E-state index in [1.165, 1.54) is 50.1 Å². The van der Waals surface area contributed by atoms with Crippen molar-refractivity contribution in [1.29, 1.82) is 0 Å². The minimum Gasteiger partial charge on any atom is -0.356 e. The summed E-state index contributed by atoms with van der Waals surface area (Å²) >= 11 is 1.51. The zero-order valence-electron chi connectivity index (χ0n) is 14.1. The van der Waals surface area contributed by atoms with E-state index in [0.29, 0.717) is 5.92 Å². The fourth-order valence-corrected chi connectivity index (χ4v) is 4.08. The second-order valence-electron chi connectivity index (χ2n) is 6.96. The van der Waals surface area contributed by atoms with Crippen molar-refractivity contribution in [2.45, 2.75) is 63.7 Å². The molecular formula is C17H28N4OS. The van der Waals surface area contributed by atoms with Gasteiger partial charge in [-0.05, 0) is 32.1 Å². The molecule has 0 unspecified atom stereocenters. The highest BCUT2D eigenvalue weighted by Gasteiger charge is 2.24. The van der Waals surface area contributed by atoms with Crippen molar-refractivity contribution < 1.29 is 4.79 Å². The van der Waals surface area contributed by atoms with Crippen LogP contribution in [0, 0.1) is 5.92 Å². The number of hydrogen-bond donors (Lipinski definition) is 1. The number of aromatic nitrogens is 2. The number of anilines is 1. The van der Waals surface area contributed by atoms with Crippen LogP contribution in [-0.2, 0) is 4.79 Å². The third-order valence-corrected chi connectivity index (χ3v) is 6.02. The van der Waals surface area contributed by atoms with Gasteiger partial charge in [0.1, 0.15) is 5.82 Å². The molecule has 0 bridgehead atoms. The van der Waals surface area contributed by atoms with Crippen LogP contribution in [0.2, 0.25) is 0 Å². The normalized spacial score (nSPS) is 19.3. The molecule has 6 heteroatoms. The van der Waals surface area contributed by atoms with E-state index in [-0.39, 0.29) is 11.8 Å². The van der Waals surface area contributed by atoms with Crippen LogP contribution in [-0.4, -0.2) is 35.4 Å². The molecule has 23 heavy (non-hydrogen) atoms. The molecule has 0 atom stereocenters. The van der Waals surface area contributed by atoms with Crippen LogP contribution in [0.3, 0.4) is 0 Å². The summed E-state index contributed by atoms with van der Waals surface area (Å²) in [4.78, 5) is 18.7. The van der Waals surface area contributed by atoms with Crippen LogP contribution in [0.15, 0.2) is 0 Å². The Morgan fingerprint density at radius 2 is 2.00 bits per heavy atom. The number of carbonyl (C=O) groups excluding carboxylic acids is 1. The molecule has 1 amide bonds. The molecule has 1 aromatic rings. The Bertz CT molecular complexity index is 508. The van der Waals surface area contributed by atoms with Gasteiger partial charge in [-0.3, -0.25) is 4.79 Å². The highest BCUT2D eigenvalue weighted by atomic mass is 32.1. The van der Waals surface area contributed by atoms with E-state index in [0.717, 1.165) is 43.3 Å². The monoisotopic (exact) mass is 336 g/mol. The molecule has 2 saturated carbocycles. The molecule has 1 N–H and O–H groups in total. The van der Waals surface area contributed by atoms with Crippen molar-refractivity contribution in [1.82, 2.24) is 14.7 Å². The Morgan fingerprint density at radius 3 is 2.70 bits per heavy atom. The number of nitrogens with one attached hydrogen (secondary N) is 1. The lowest BCUT2D eigenvalue weighted by atomic mass is 9.85. The number of hydrogen-bond acceptors (Lipinski definition) is 5. The third-order valence-electron chi connectivity index (χ3n) is 5.17. The van der Waals surface area contributed by atoms with Crippen LogP contribution >= 0.6 is 11.5 Å². The van der Waals surface area contributed by atoms with Gasteiger partial charge in [0, 0.05) is 43.5 Å². The highest BCUT2D eigenvalue weighted by Crippen LogP contribution is 2.32. The molecule has 1 heterocycles. The Morgan fingerprint density at radius 1 is 1.22 bits per heavy atom. The third kappa shape index (κ3) is 4.43. The maximum Gasteiger partial charge on any atom is 0.223 e. The van der Waals surface area contributed by atoms with E-state index in [1.54, 1.807) is 0 Å². The fourth-order valence-electron chi connectivity index (χ4n) is 3.35. The summed E-state index contributed by atoms with van der Waals surface area (Å²) in [6.07, 6.45) is 10.8. The molecule has 128 valence electrons. The number of rotatable bonds is 7. The molecule has 0 aliphatic heterocycles. The van der Waals surface area contributed by atoms with Gasteiger partial charge < -0.3 is 10.2 Å². The van der Waals surface area contributed by atoms with Crippen molar-refractivity contribution in [3.8, 4) is 0 Å². The summed E-state index contributed by atoms with van der Waals surface area (Å²) in [5.74, 6) is 2.15. The molecule has 3 rings (SSSR count). The quantitative estimate of drug-likeness (QED) is 0.776. The number of amides is 1. The molecular weight excluding hydrogens is 308 g/mol. The van der Waals surface area contributed by atoms with Crippen LogP contribution < -0.4 is 10.2 Å². The predicted octanol–water partition coefficient (Wildman–Crippen LogP) is 3.33. The van der Waals surface area contributed by atoms with Gasteiger partial charge >= 0.3 is 0 Å². The summed E-state index contributed by atoms with van der Waals surface area (Å²) in [6.45, 7) is 1.66. The Kier molecular flexibility index (Phi) is 5.86. The van der Waals surface area contributed by atoms with Crippen LogP contribution in [0.1, 0.15) is 69.5 Å². The van der Waals surface area contributed by atoms with Gasteiger partial charge in [0.05, 0.1) is 0 Å². The maximum atomic E-state index is 11.8. The predicted molar refractivity (Wildman–Crippen MR) is 94.0 cm³/mol. The van der Waals surface area contributed by atoms with Crippen molar-refractivity contribution >= 4 is 22.6 Å². The summed E-state index contributed by atoms with van der Waals surface area (Å²) in [7, 11) is 2.07. The fraction of sp³-hybridized carbons (Fsp3) is 0.824. The SMILES string of the molecule is CN(CCCNC(=O)C1CCC1)c1nc(C2CCCCC2)ns1. The summed E-state index contributed by atoms with van der Waals surface area (Å²) < 4.78 is 4.58. The van der Waals surface area contributed by atoms with Gasteiger partial charge in [-0.25, -0.2) is 4.98 Å².